The molecule has 2 N–H and O–H groups in total. The van der Waals surface area contributed by atoms with Gasteiger partial charge >= 0.3 is 0 Å². The Kier molecular flexibility index (Phi) is 5.36. The Morgan fingerprint density at radius 3 is 2.59 bits per heavy atom. The summed E-state index contributed by atoms with van der Waals surface area (Å²) in [6.07, 6.45) is 0. The van der Waals surface area contributed by atoms with Crippen LogP contribution in [0, 0.1) is 0 Å². The maximum atomic E-state index is 12.1. The molecule has 0 unspecified atom stereocenters. The molecule has 0 saturated carbocycles. The highest BCUT2D eigenvalue weighted by Crippen LogP contribution is 2.37. The number of furan rings is 1. The van der Waals surface area contributed by atoms with Gasteiger partial charge in [-0.3, -0.25) is 4.79 Å². The molecule has 4 aromatic rings. The van der Waals surface area contributed by atoms with Crippen molar-refractivity contribution >= 4 is 44.5 Å². The lowest BCUT2D eigenvalue weighted by atomic mass is 10.1. The van der Waals surface area contributed by atoms with Crippen molar-refractivity contribution in [3.63, 3.8) is 0 Å². The Hall–Kier alpha value is -2.44. The van der Waals surface area contributed by atoms with E-state index in [2.05, 4.69) is 50.5 Å². The molecule has 2 aromatic carbocycles. The van der Waals surface area contributed by atoms with Gasteiger partial charge in [-0.15, -0.1) is 11.8 Å². The van der Waals surface area contributed by atoms with Gasteiger partial charge in [0.1, 0.15) is 0 Å². The van der Waals surface area contributed by atoms with Crippen LogP contribution in [0.3, 0.4) is 0 Å². The average Bonchev–Trinajstić information content (AvgIpc) is 3.30. The third-order valence-electron chi connectivity index (χ3n) is 4.15. The monoisotopic (exact) mass is 440 g/mol. The highest BCUT2D eigenvalue weighted by Gasteiger charge is 2.14. The normalized spacial score (nSPS) is 11.0. The van der Waals surface area contributed by atoms with E-state index in [9.17, 15) is 4.79 Å². The molecule has 0 bridgehead atoms. The van der Waals surface area contributed by atoms with Crippen molar-refractivity contribution in [1.82, 2.24) is 10.3 Å². The van der Waals surface area contributed by atoms with E-state index in [0.717, 1.165) is 22.5 Å². The molecule has 2 heterocycles. The van der Waals surface area contributed by atoms with Gasteiger partial charge in [-0.2, -0.15) is 0 Å². The minimum absolute atomic E-state index is 0.205. The van der Waals surface area contributed by atoms with Crippen molar-refractivity contribution in [3.8, 4) is 11.3 Å². The van der Waals surface area contributed by atoms with E-state index in [0.29, 0.717) is 17.0 Å². The second-order valence-electron chi connectivity index (χ2n) is 5.95. The van der Waals surface area contributed by atoms with E-state index in [4.69, 9.17) is 4.42 Å². The molecule has 0 radical (unpaired) electrons. The molecule has 0 spiro atoms. The molecule has 4 nitrogen and oxygen atoms in total. The quantitative estimate of drug-likeness (QED) is 0.298. The Morgan fingerprint density at radius 1 is 1.04 bits per heavy atom. The second kappa shape index (κ2) is 8.06. The first-order valence-corrected chi connectivity index (χ1v) is 10.3. The molecular formula is C21H17BrN2O2S. The fourth-order valence-corrected chi connectivity index (χ4v) is 4.28. The summed E-state index contributed by atoms with van der Waals surface area (Å²) in [5.41, 5.74) is 3.38. The van der Waals surface area contributed by atoms with E-state index < -0.39 is 0 Å². The molecule has 1 amide bonds. The largest absolute Gasteiger partial charge is 0.444 e. The fourth-order valence-electron chi connectivity index (χ4n) is 2.92. The number of carbonyl (C=O) groups is 1. The number of rotatable bonds is 6. The Labute approximate surface area is 169 Å². The summed E-state index contributed by atoms with van der Waals surface area (Å²) >= 11 is 4.94. The Bertz CT molecular complexity index is 1070. The van der Waals surface area contributed by atoms with Crippen LogP contribution >= 0.6 is 27.7 Å². The number of thioether (sulfide) groups is 1. The molecule has 0 fully saturated rings. The number of hydrogen-bond donors (Lipinski definition) is 2. The molecule has 2 aromatic heterocycles. The smallest absolute Gasteiger partial charge is 0.287 e. The van der Waals surface area contributed by atoms with Crippen molar-refractivity contribution in [2.45, 2.75) is 4.90 Å². The Balaban J connectivity index is 1.49. The summed E-state index contributed by atoms with van der Waals surface area (Å²) in [7, 11) is 0. The number of hydrogen-bond acceptors (Lipinski definition) is 3. The fraction of sp³-hybridized carbons (Fsp3) is 0.0952. The van der Waals surface area contributed by atoms with Crippen LogP contribution in [0.1, 0.15) is 10.6 Å². The molecule has 6 heteroatoms. The molecule has 0 aliphatic rings. The Morgan fingerprint density at radius 2 is 1.81 bits per heavy atom. The molecule has 136 valence electrons. The molecule has 0 aliphatic heterocycles. The number of carbonyl (C=O) groups excluding carboxylic acids is 1. The van der Waals surface area contributed by atoms with Crippen LogP contribution in [0.4, 0.5) is 0 Å². The SMILES string of the molecule is O=C(NCCSc1c(-c2ccccc2)[nH]c2ccccc12)c1ccc(Br)o1. The van der Waals surface area contributed by atoms with Gasteiger partial charge in [-0.1, -0.05) is 48.5 Å². The zero-order valence-corrected chi connectivity index (χ0v) is 16.8. The first kappa shape index (κ1) is 17.9. The van der Waals surface area contributed by atoms with Gasteiger partial charge in [0.15, 0.2) is 10.4 Å². The predicted molar refractivity (Wildman–Crippen MR) is 113 cm³/mol. The van der Waals surface area contributed by atoms with Crippen molar-refractivity contribution in [2.24, 2.45) is 0 Å². The van der Waals surface area contributed by atoms with Crippen LogP contribution in [0.2, 0.25) is 0 Å². The van der Waals surface area contributed by atoms with Crippen molar-refractivity contribution in [2.75, 3.05) is 12.3 Å². The third kappa shape index (κ3) is 3.96. The topological polar surface area (TPSA) is 58.0 Å². The summed E-state index contributed by atoms with van der Waals surface area (Å²) in [5, 5.41) is 4.09. The van der Waals surface area contributed by atoms with Crippen molar-refractivity contribution < 1.29 is 9.21 Å². The van der Waals surface area contributed by atoms with Gasteiger partial charge in [0.2, 0.25) is 0 Å². The summed E-state index contributed by atoms with van der Waals surface area (Å²) in [6, 6.07) is 21.9. The first-order valence-electron chi connectivity index (χ1n) is 8.55. The third-order valence-corrected chi connectivity index (χ3v) is 5.70. The number of aromatic amines is 1. The first-order chi connectivity index (χ1) is 13.2. The van der Waals surface area contributed by atoms with E-state index in [1.165, 1.54) is 10.3 Å². The lowest BCUT2D eigenvalue weighted by Crippen LogP contribution is -2.25. The van der Waals surface area contributed by atoms with Crippen molar-refractivity contribution in [1.29, 1.82) is 0 Å². The number of nitrogens with one attached hydrogen (secondary N) is 2. The minimum Gasteiger partial charge on any atom is -0.444 e. The number of para-hydroxylation sites is 1. The number of H-pyrrole nitrogens is 1. The van der Waals surface area contributed by atoms with Crippen molar-refractivity contribution in [3.05, 3.63) is 77.2 Å². The molecule has 27 heavy (non-hydrogen) atoms. The molecule has 0 atom stereocenters. The van der Waals surface area contributed by atoms with E-state index in [-0.39, 0.29) is 5.91 Å². The maximum absolute atomic E-state index is 12.1. The second-order valence-corrected chi connectivity index (χ2v) is 7.84. The molecule has 0 saturated heterocycles. The van der Waals surface area contributed by atoms with Crippen LogP contribution < -0.4 is 5.32 Å². The standard InChI is InChI=1S/C21H17BrN2O2S/c22-18-11-10-17(26-18)21(25)23-12-13-27-20-15-8-4-5-9-16(15)24-19(20)14-6-2-1-3-7-14/h1-11,24H,12-13H2,(H,23,25). The highest BCUT2D eigenvalue weighted by atomic mass is 79.9. The van der Waals surface area contributed by atoms with Gasteiger partial charge < -0.3 is 14.7 Å². The average molecular weight is 441 g/mol. The number of fused-ring (bicyclic) bond motifs is 1. The van der Waals surface area contributed by atoms with Gasteiger partial charge in [-0.25, -0.2) is 0 Å². The summed E-state index contributed by atoms with van der Waals surface area (Å²) in [5.74, 6) is 0.863. The van der Waals surface area contributed by atoms with Gasteiger partial charge in [0.05, 0.1) is 5.69 Å². The highest BCUT2D eigenvalue weighted by molar-refractivity contribution is 9.10. The van der Waals surface area contributed by atoms with Gasteiger partial charge in [0, 0.05) is 28.1 Å². The number of halogens is 1. The number of benzene rings is 2. The van der Waals surface area contributed by atoms with Gasteiger partial charge in [-0.05, 0) is 39.7 Å². The number of aromatic nitrogens is 1. The zero-order chi connectivity index (χ0) is 18.6. The van der Waals surface area contributed by atoms with Crippen LogP contribution in [0.25, 0.3) is 22.2 Å². The zero-order valence-electron chi connectivity index (χ0n) is 14.4. The van der Waals surface area contributed by atoms with Crippen LogP contribution in [0.5, 0.6) is 0 Å². The molecule has 4 rings (SSSR count). The van der Waals surface area contributed by atoms with Crippen LogP contribution in [-0.4, -0.2) is 23.2 Å². The lowest BCUT2D eigenvalue weighted by Gasteiger charge is -2.06. The molecular weight excluding hydrogens is 424 g/mol. The lowest BCUT2D eigenvalue weighted by molar-refractivity contribution is 0.0927. The predicted octanol–water partition coefficient (Wildman–Crippen LogP) is 5.71. The molecule has 0 aliphatic carbocycles. The number of amides is 1. The van der Waals surface area contributed by atoms with E-state index in [1.54, 1.807) is 23.9 Å². The van der Waals surface area contributed by atoms with Gasteiger partial charge in [0.25, 0.3) is 5.91 Å². The van der Waals surface area contributed by atoms with E-state index >= 15 is 0 Å². The summed E-state index contributed by atoms with van der Waals surface area (Å²) in [6.45, 7) is 0.551. The van der Waals surface area contributed by atoms with Crippen LogP contribution in [-0.2, 0) is 0 Å². The van der Waals surface area contributed by atoms with Crippen LogP contribution in [0.15, 0.2) is 80.7 Å². The summed E-state index contributed by atoms with van der Waals surface area (Å²) < 4.78 is 5.83. The minimum atomic E-state index is -0.205. The summed E-state index contributed by atoms with van der Waals surface area (Å²) in [4.78, 5) is 16.8. The van der Waals surface area contributed by atoms with E-state index in [1.807, 2.05) is 30.3 Å². The maximum Gasteiger partial charge on any atom is 0.287 e.